The van der Waals surface area contributed by atoms with Crippen LogP contribution in [0.4, 0.5) is 0 Å². The molecule has 26 heavy (non-hydrogen) atoms. The van der Waals surface area contributed by atoms with Gasteiger partial charge < -0.3 is 10.2 Å². The quantitative estimate of drug-likeness (QED) is 0.773. The molecule has 1 saturated heterocycles. The summed E-state index contributed by atoms with van der Waals surface area (Å²) in [7, 11) is 0. The third-order valence-electron chi connectivity index (χ3n) is 4.48. The van der Waals surface area contributed by atoms with Gasteiger partial charge in [0.1, 0.15) is 4.83 Å². The molecule has 0 aromatic carbocycles. The zero-order valence-electron chi connectivity index (χ0n) is 14.8. The number of rotatable bonds is 6. The maximum absolute atomic E-state index is 12.4. The average molecular weight is 377 g/mol. The largest absolute Gasteiger partial charge is 0.355 e. The summed E-state index contributed by atoms with van der Waals surface area (Å²) in [4.78, 5) is 45.2. The molecule has 0 aliphatic carbocycles. The molecule has 0 spiro atoms. The van der Waals surface area contributed by atoms with Crippen LogP contribution in [0.1, 0.15) is 13.3 Å². The molecule has 3 rings (SSSR count). The zero-order valence-corrected chi connectivity index (χ0v) is 15.6. The van der Waals surface area contributed by atoms with Crippen molar-refractivity contribution in [2.45, 2.75) is 19.9 Å². The number of likely N-dealkylation sites (N-methyl/N-ethyl adjacent to an activating group) is 1. The van der Waals surface area contributed by atoms with E-state index in [2.05, 4.69) is 10.3 Å². The van der Waals surface area contributed by atoms with Gasteiger partial charge in [-0.25, -0.2) is 4.98 Å². The van der Waals surface area contributed by atoms with Crippen molar-refractivity contribution in [3.63, 3.8) is 0 Å². The Balaban J connectivity index is 1.49. The van der Waals surface area contributed by atoms with Crippen molar-refractivity contribution in [3.8, 4) is 0 Å². The summed E-state index contributed by atoms with van der Waals surface area (Å²) in [5, 5.41) is 5.23. The molecule has 8 nitrogen and oxygen atoms in total. The Bertz CT molecular complexity index is 838. The number of fused-ring (bicyclic) bond motifs is 1. The average Bonchev–Trinajstić information content (AvgIpc) is 3.11. The van der Waals surface area contributed by atoms with Crippen molar-refractivity contribution in [2.75, 3.05) is 39.3 Å². The minimum absolute atomic E-state index is 0.0166. The Morgan fingerprint density at radius 1 is 1.27 bits per heavy atom. The van der Waals surface area contributed by atoms with Gasteiger partial charge >= 0.3 is 0 Å². The predicted molar refractivity (Wildman–Crippen MR) is 100 cm³/mol. The lowest BCUT2D eigenvalue weighted by Crippen LogP contribution is -2.51. The highest BCUT2D eigenvalue weighted by Crippen LogP contribution is 2.13. The number of amides is 2. The van der Waals surface area contributed by atoms with Crippen molar-refractivity contribution < 1.29 is 9.59 Å². The van der Waals surface area contributed by atoms with Crippen LogP contribution in [0.25, 0.3) is 10.2 Å². The van der Waals surface area contributed by atoms with Crippen molar-refractivity contribution in [3.05, 3.63) is 28.1 Å². The van der Waals surface area contributed by atoms with Crippen LogP contribution < -0.4 is 10.9 Å². The molecule has 0 saturated carbocycles. The Kier molecular flexibility index (Phi) is 6.00. The topological polar surface area (TPSA) is 87.5 Å². The minimum Gasteiger partial charge on any atom is -0.355 e. The van der Waals surface area contributed by atoms with E-state index < -0.39 is 0 Å². The minimum atomic E-state index is -0.101. The normalized spacial score (nSPS) is 15.3. The summed E-state index contributed by atoms with van der Waals surface area (Å²) in [6, 6.07) is 1.77. The predicted octanol–water partition coefficient (Wildman–Crippen LogP) is 0.128. The number of nitrogens with one attached hydrogen (secondary N) is 1. The maximum atomic E-state index is 12.4. The van der Waals surface area contributed by atoms with Crippen molar-refractivity contribution >= 4 is 33.4 Å². The van der Waals surface area contributed by atoms with Gasteiger partial charge in [0.15, 0.2) is 0 Å². The number of hydrogen-bond donors (Lipinski definition) is 1. The van der Waals surface area contributed by atoms with Crippen molar-refractivity contribution in [1.29, 1.82) is 0 Å². The number of thiophene rings is 1. The SMILES string of the molecule is CCNC(=O)CN1CCN(C(=O)CCn2cnc3sccc3c2=O)CC1. The summed E-state index contributed by atoms with van der Waals surface area (Å²) in [5.41, 5.74) is -0.101. The summed E-state index contributed by atoms with van der Waals surface area (Å²) in [6.07, 6.45) is 1.78. The van der Waals surface area contributed by atoms with E-state index in [4.69, 9.17) is 0 Å². The molecule has 1 fully saturated rings. The van der Waals surface area contributed by atoms with E-state index in [1.807, 2.05) is 17.2 Å². The number of aromatic nitrogens is 2. The molecular formula is C17H23N5O3S. The molecule has 2 aromatic rings. The maximum Gasteiger partial charge on any atom is 0.262 e. The molecular weight excluding hydrogens is 354 g/mol. The van der Waals surface area contributed by atoms with Gasteiger partial charge in [0.05, 0.1) is 18.3 Å². The standard InChI is InChI=1S/C17H23N5O3S/c1-2-18-14(23)11-20-6-8-21(9-7-20)15(24)3-5-22-12-19-16-13(17(22)25)4-10-26-16/h4,10,12H,2-3,5-9,11H2,1H3,(H,18,23). The smallest absolute Gasteiger partial charge is 0.262 e. The summed E-state index contributed by atoms with van der Waals surface area (Å²) >= 11 is 1.43. The fourth-order valence-electron chi connectivity index (χ4n) is 3.04. The Hall–Kier alpha value is -2.26. The first kappa shape index (κ1) is 18.5. The molecule has 2 aromatic heterocycles. The van der Waals surface area contributed by atoms with Crippen LogP contribution in [0.2, 0.25) is 0 Å². The molecule has 0 radical (unpaired) electrons. The van der Waals surface area contributed by atoms with Crippen LogP contribution >= 0.6 is 11.3 Å². The van der Waals surface area contributed by atoms with Gasteiger partial charge in [-0.2, -0.15) is 0 Å². The Morgan fingerprint density at radius 3 is 2.77 bits per heavy atom. The van der Waals surface area contributed by atoms with Gasteiger partial charge in [-0.1, -0.05) is 0 Å². The van der Waals surface area contributed by atoms with Crippen molar-refractivity contribution in [2.24, 2.45) is 0 Å². The van der Waals surface area contributed by atoms with Crippen LogP contribution in [0, 0.1) is 0 Å². The fourth-order valence-corrected chi connectivity index (χ4v) is 3.76. The Morgan fingerprint density at radius 2 is 2.04 bits per heavy atom. The second-order valence-corrected chi connectivity index (χ2v) is 7.14. The first-order chi connectivity index (χ1) is 12.6. The number of piperazine rings is 1. The number of hydrogen-bond acceptors (Lipinski definition) is 6. The van der Waals surface area contributed by atoms with Gasteiger partial charge in [0.2, 0.25) is 11.8 Å². The highest BCUT2D eigenvalue weighted by atomic mass is 32.1. The highest BCUT2D eigenvalue weighted by molar-refractivity contribution is 7.16. The summed E-state index contributed by atoms with van der Waals surface area (Å²) in [5.74, 6) is 0.0444. The van der Waals surface area contributed by atoms with Gasteiger partial charge in [-0.3, -0.25) is 23.9 Å². The van der Waals surface area contributed by atoms with Gasteiger partial charge in [0.25, 0.3) is 5.56 Å². The van der Waals surface area contributed by atoms with E-state index in [9.17, 15) is 14.4 Å². The van der Waals surface area contributed by atoms with E-state index in [0.29, 0.717) is 51.2 Å². The molecule has 0 unspecified atom stereocenters. The molecule has 9 heteroatoms. The monoisotopic (exact) mass is 377 g/mol. The van der Waals surface area contributed by atoms with Crippen LogP contribution in [0.15, 0.2) is 22.6 Å². The fraction of sp³-hybridized carbons (Fsp3) is 0.529. The molecule has 0 bridgehead atoms. The first-order valence-corrected chi connectivity index (χ1v) is 9.66. The van der Waals surface area contributed by atoms with Gasteiger partial charge in [-0.05, 0) is 18.4 Å². The third kappa shape index (κ3) is 4.28. The number of aryl methyl sites for hydroxylation is 1. The molecule has 2 amide bonds. The van der Waals surface area contributed by atoms with E-state index in [1.54, 1.807) is 11.0 Å². The molecule has 1 aliphatic rings. The highest BCUT2D eigenvalue weighted by Gasteiger charge is 2.22. The van der Waals surface area contributed by atoms with Gasteiger partial charge in [0, 0.05) is 45.7 Å². The molecule has 140 valence electrons. The van der Waals surface area contributed by atoms with Crippen LogP contribution in [-0.4, -0.2) is 70.4 Å². The first-order valence-electron chi connectivity index (χ1n) is 8.78. The van der Waals surface area contributed by atoms with Gasteiger partial charge in [-0.15, -0.1) is 11.3 Å². The van der Waals surface area contributed by atoms with Crippen LogP contribution in [-0.2, 0) is 16.1 Å². The summed E-state index contributed by atoms with van der Waals surface area (Å²) < 4.78 is 1.50. The number of carbonyl (C=O) groups is 2. The van der Waals surface area contributed by atoms with Crippen LogP contribution in [0.5, 0.6) is 0 Å². The molecule has 3 heterocycles. The van der Waals surface area contributed by atoms with Crippen molar-refractivity contribution in [1.82, 2.24) is 24.7 Å². The zero-order chi connectivity index (χ0) is 18.5. The van der Waals surface area contributed by atoms with E-state index in [0.717, 1.165) is 4.83 Å². The molecule has 1 N–H and O–H groups in total. The lowest BCUT2D eigenvalue weighted by molar-refractivity contribution is -0.133. The number of nitrogens with zero attached hydrogens (tertiary/aromatic N) is 4. The lowest BCUT2D eigenvalue weighted by atomic mass is 10.2. The Labute approximate surface area is 155 Å². The molecule has 1 aliphatic heterocycles. The van der Waals surface area contributed by atoms with E-state index in [1.165, 1.54) is 22.2 Å². The van der Waals surface area contributed by atoms with E-state index >= 15 is 0 Å². The number of carbonyl (C=O) groups excluding carboxylic acids is 2. The lowest BCUT2D eigenvalue weighted by Gasteiger charge is -2.34. The summed E-state index contributed by atoms with van der Waals surface area (Å²) in [6.45, 7) is 5.81. The second-order valence-electron chi connectivity index (χ2n) is 6.24. The third-order valence-corrected chi connectivity index (χ3v) is 5.30. The van der Waals surface area contributed by atoms with E-state index in [-0.39, 0.29) is 23.8 Å². The molecule has 0 atom stereocenters. The van der Waals surface area contributed by atoms with Crippen LogP contribution in [0.3, 0.4) is 0 Å². The second kappa shape index (κ2) is 8.41.